The monoisotopic (exact) mass is 474 g/mol. The van der Waals surface area contributed by atoms with E-state index in [9.17, 15) is 14.0 Å². The van der Waals surface area contributed by atoms with Gasteiger partial charge in [0, 0.05) is 25.2 Å². The minimum atomic E-state index is -0.587. The van der Waals surface area contributed by atoms with Crippen molar-refractivity contribution in [1.82, 2.24) is 9.80 Å². The lowest BCUT2D eigenvalue weighted by atomic mass is 9.78. The molecule has 3 aromatic rings. The van der Waals surface area contributed by atoms with Gasteiger partial charge in [0.15, 0.2) is 0 Å². The maximum absolute atomic E-state index is 14.0. The van der Waals surface area contributed by atoms with Crippen molar-refractivity contribution in [3.8, 4) is 5.75 Å². The Balaban J connectivity index is 1.64. The molecule has 1 saturated heterocycles. The Labute approximate surface area is 203 Å². The molecule has 0 radical (unpaired) electrons. The molecule has 2 heterocycles. The normalized spacial score (nSPS) is 19.9. The highest BCUT2D eigenvalue weighted by molar-refractivity contribution is 6.01. The van der Waals surface area contributed by atoms with Gasteiger partial charge in [0.05, 0.1) is 32.3 Å². The molecule has 1 fully saturated rings. The van der Waals surface area contributed by atoms with E-state index in [1.165, 1.54) is 12.1 Å². The molecule has 6 nitrogen and oxygen atoms in total. The number of amides is 2. The summed E-state index contributed by atoms with van der Waals surface area (Å²) in [5, 5.41) is 0. The maximum atomic E-state index is 14.0. The molecule has 0 aromatic heterocycles. The summed E-state index contributed by atoms with van der Waals surface area (Å²) in [6.07, 6.45) is 0. The average Bonchev–Trinajstić information content (AvgIpc) is 2.91. The number of rotatable bonds is 5. The summed E-state index contributed by atoms with van der Waals surface area (Å²) in [6, 6.07) is 20.4. The summed E-state index contributed by atoms with van der Waals surface area (Å²) >= 11 is 0. The Bertz CT molecular complexity index is 1210. The van der Waals surface area contributed by atoms with Crippen LogP contribution in [-0.2, 0) is 16.1 Å². The first kappa shape index (κ1) is 23.1. The molecule has 2 aliphatic rings. The molecule has 2 atom stereocenters. The Kier molecular flexibility index (Phi) is 6.51. The summed E-state index contributed by atoms with van der Waals surface area (Å²) in [4.78, 5) is 31.4. The lowest BCUT2D eigenvalue weighted by Crippen LogP contribution is -2.50. The van der Waals surface area contributed by atoms with E-state index >= 15 is 0 Å². The van der Waals surface area contributed by atoms with Crippen LogP contribution in [0.15, 0.2) is 72.8 Å². The van der Waals surface area contributed by atoms with Crippen molar-refractivity contribution in [1.29, 1.82) is 0 Å². The predicted molar refractivity (Wildman–Crippen MR) is 129 cm³/mol. The van der Waals surface area contributed by atoms with Crippen molar-refractivity contribution in [3.05, 3.63) is 101 Å². The first-order chi connectivity index (χ1) is 17.1. The molecule has 35 heavy (non-hydrogen) atoms. The Morgan fingerprint density at radius 2 is 1.69 bits per heavy atom. The van der Waals surface area contributed by atoms with E-state index in [1.807, 2.05) is 47.4 Å². The van der Waals surface area contributed by atoms with Gasteiger partial charge in [0.25, 0.3) is 5.91 Å². The second-order valence-corrected chi connectivity index (χ2v) is 8.78. The number of carbonyl (C=O) groups is 2. The molecule has 0 bridgehead atoms. The van der Waals surface area contributed by atoms with Crippen LogP contribution in [0.3, 0.4) is 0 Å². The van der Waals surface area contributed by atoms with Crippen molar-refractivity contribution >= 4 is 11.8 Å². The number of methoxy groups -OCH3 is 1. The topological polar surface area (TPSA) is 59.1 Å². The first-order valence-corrected chi connectivity index (χ1v) is 11.7. The third kappa shape index (κ3) is 4.51. The van der Waals surface area contributed by atoms with Gasteiger partial charge < -0.3 is 19.3 Å². The highest BCUT2D eigenvalue weighted by Crippen LogP contribution is 2.44. The van der Waals surface area contributed by atoms with E-state index < -0.39 is 12.0 Å². The molecule has 2 aliphatic heterocycles. The number of ether oxygens (including phenoxy) is 2. The smallest absolute Gasteiger partial charge is 0.255 e. The molecule has 0 saturated carbocycles. The quantitative estimate of drug-likeness (QED) is 0.557. The van der Waals surface area contributed by atoms with Crippen LogP contribution < -0.4 is 4.74 Å². The van der Waals surface area contributed by atoms with Crippen LogP contribution in [0.5, 0.6) is 5.75 Å². The number of carbonyl (C=O) groups excluding carboxylic acids is 2. The van der Waals surface area contributed by atoms with Gasteiger partial charge in [-0.3, -0.25) is 9.59 Å². The third-order valence-corrected chi connectivity index (χ3v) is 6.75. The number of morpholine rings is 1. The molecule has 0 N–H and O–H groups in total. The third-order valence-electron chi connectivity index (χ3n) is 6.75. The zero-order valence-corrected chi connectivity index (χ0v) is 19.5. The Hall–Kier alpha value is -3.71. The molecule has 0 aliphatic carbocycles. The fraction of sp³-hybridized carbons (Fsp3) is 0.286. The van der Waals surface area contributed by atoms with Gasteiger partial charge >= 0.3 is 0 Å². The van der Waals surface area contributed by atoms with Crippen LogP contribution in [0.4, 0.5) is 4.39 Å². The van der Waals surface area contributed by atoms with Gasteiger partial charge in [-0.15, -0.1) is 0 Å². The summed E-state index contributed by atoms with van der Waals surface area (Å²) in [5.74, 6) is -0.417. The SMILES string of the molecule is COc1ccc([C@H]2[C@H](C(=O)N3CCOCC3)c3ccccc3C(=O)N2Cc2ccc(F)cc2)cc1. The fourth-order valence-electron chi connectivity index (χ4n) is 4.97. The summed E-state index contributed by atoms with van der Waals surface area (Å²) in [6.45, 7) is 2.26. The summed E-state index contributed by atoms with van der Waals surface area (Å²) < 4.78 is 24.4. The minimum absolute atomic E-state index is 0.0295. The van der Waals surface area contributed by atoms with Crippen LogP contribution in [0.25, 0.3) is 0 Å². The summed E-state index contributed by atoms with van der Waals surface area (Å²) in [7, 11) is 1.60. The largest absolute Gasteiger partial charge is 0.497 e. The van der Waals surface area contributed by atoms with E-state index in [1.54, 1.807) is 30.2 Å². The Morgan fingerprint density at radius 1 is 1.00 bits per heavy atom. The van der Waals surface area contributed by atoms with Gasteiger partial charge in [0.1, 0.15) is 11.6 Å². The standard InChI is InChI=1S/C28H27FN2O4/c1-34-22-12-8-20(9-13-22)26-25(28(33)30-14-16-35-17-15-30)23-4-2-3-5-24(23)27(32)31(26)18-19-6-10-21(29)11-7-19/h2-13,25-26H,14-18H2,1H3/t25-,26+/m1/s1. The van der Waals surface area contributed by atoms with Crippen molar-refractivity contribution in [2.45, 2.75) is 18.5 Å². The number of fused-ring (bicyclic) bond motifs is 1. The van der Waals surface area contributed by atoms with Gasteiger partial charge in [0.2, 0.25) is 5.91 Å². The highest BCUT2D eigenvalue weighted by atomic mass is 19.1. The molecule has 5 rings (SSSR count). The number of benzene rings is 3. The Morgan fingerprint density at radius 3 is 2.37 bits per heavy atom. The van der Waals surface area contributed by atoms with Crippen LogP contribution >= 0.6 is 0 Å². The minimum Gasteiger partial charge on any atom is -0.497 e. The van der Waals surface area contributed by atoms with Crippen molar-refractivity contribution in [2.24, 2.45) is 0 Å². The number of hydrogen-bond acceptors (Lipinski definition) is 4. The molecular formula is C28H27FN2O4. The van der Waals surface area contributed by atoms with Crippen LogP contribution in [0.1, 0.15) is 39.0 Å². The second-order valence-electron chi connectivity index (χ2n) is 8.78. The van der Waals surface area contributed by atoms with Crippen LogP contribution in [-0.4, -0.2) is 55.0 Å². The van der Waals surface area contributed by atoms with E-state index in [-0.39, 0.29) is 24.2 Å². The molecule has 0 unspecified atom stereocenters. The number of hydrogen-bond donors (Lipinski definition) is 0. The zero-order valence-electron chi connectivity index (χ0n) is 19.5. The highest BCUT2D eigenvalue weighted by Gasteiger charge is 2.45. The van der Waals surface area contributed by atoms with Crippen LogP contribution in [0.2, 0.25) is 0 Å². The number of nitrogens with zero attached hydrogens (tertiary/aromatic N) is 2. The lowest BCUT2D eigenvalue weighted by molar-refractivity contribution is -0.138. The van der Waals surface area contributed by atoms with Crippen molar-refractivity contribution < 1.29 is 23.5 Å². The molecule has 0 spiro atoms. The predicted octanol–water partition coefficient (Wildman–Crippen LogP) is 4.17. The van der Waals surface area contributed by atoms with Crippen LogP contribution in [0, 0.1) is 5.82 Å². The first-order valence-electron chi connectivity index (χ1n) is 11.7. The maximum Gasteiger partial charge on any atom is 0.255 e. The summed E-state index contributed by atoms with van der Waals surface area (Å²) in [5.41, 5.74) is 2.87. The molecular weight excluding hydrogens is 447 g/mol. The fourth-order valence-corrected chi connectivity index (χ4v) is 4.97. The number of halogens is 1. The van der Waals surface area contributed by atoms with E-state index in [2.05, 4.69) is 0 Å². The van der Waals surface area contributed by atoms with Gasteiger partial charge in [-0.25, -0.2) is 4.39 Å². The lowest BCUT2D eigenvalue weighted by Gasteiger charge is -2.44. The van der Waals surface area contributed by atoms with E-state index in [4.69, 9.17) is 9.47 Å². The zero-order chi connectivity index (χ0) is 24.4. The molecule has 7 heteroatoms. The van der Waals surface area contributed by atoms with Crippen molar-refractivity contribution in [2.75, 3.05) is 33.4 Å². The van der Waals surface area contributed by atoms with Gasteiger partial charge in [-0.1, -0.05) is 42.5 Å². The second kappa shape index (κ2) is 9.88. The molecule has 2 amide bonds. The van der Waals surface area contributed by atoms with E-state index in [0.29, 0.717) is 37.6 Å². The van der Waals surface area contributed by atoms with E-state index in [0.717, 1.165) is 16.7 Å². The van der Waals surface area contributed by atoms with Crippen molar-refractivity contribution in [3.63, 3.8) is 0 Å². The molecule has 3 aromatic carbocycles. The van der Waals surface area contributed by atoms with Gasteiger partial charge in [-0.05, 0) is 47.0 Å². The molecule has 180 valence electrons. The van der Waals surface area contributed by atoms with Gasteiger partial charge in [-0.2, -0.15) is 0 Å². The average molecular weight is 475 g/mol.